The normalized spacial score (nSPS) is 22.6. The molecule has 0 aliphatic carbocycles. The summed E-state index contributed by atoms with van der Waals surface area (Å²) in [5.41, 5.74) is 2.61. The number of benzene rings is 1. The summed E-state index contributed by atoms with van der Waals surface area (Å²) in [4.78, 5) is 27.4. The molecule has 6 nitrogen and oxygen atoms in total. The molecule has 0 aromatic heterocycles. The number of carbonyl (C=O) groups is 2. The van der Waals surface area contributed by atoms with Crippen LogP contribution in [0.5, 0.6) is 5.75 Å². The number of anilines is 1. The SMILES string of the molecule is CCOC(=O)C1=C[C@@]2(SC=C(C(=O)OCC)S2)C2=C(S1)C(C)(C)Nc1cc(OCC)ccc12. The second kappa shape index (κ2) is 9.35. The Balaban J connectivity index is 1.86. The number of esters is 2. The first kappa shape index (κ1) is 24.2. The Kier molecular flexibility index (Phi) is 6.85. The van der Waals surface area contributed by atoms with Gasteiger partial charge in [-0.25, -0.2) is 9.59 Å². The molecule has 0 saturated heterocycles. The number of hydrogen-bond acceptors (Lipinski definition) is 9. The van der Waals surface area contributed by atoms with Gasteiger partial charge >= 0.3 is 11.9 Å². The van der Waals surface area contributed by atoms with Crippen molar-refractivity contribution in [2.24, 2.45) is 0 Å². The van der Waals surface area contributed by atoms with E-state index in [1.54, 1.807) is 13.8 Å². The average Bonchev–Trinajstić information content (AvgIpc) is 3.18. The van der Waals surface area contributed by atoms with Gasteiger partial charge in [-0.1, -0.05) is 23.5 Å². The predicted molar refractivity (Wildman–Crippen MR) is 137 cm³/mol. The molecule has 4 rings (SSSR count). The summed E-state index contributed by atoms with van der Waals surface area (Å²) in [5.74, 6) is 0.0897. The minimum Gasteiger partial charge on any atom is -0.494 e. The molecule has 1 N–H and O–H groups in total. The van der Waals surface area contributed by atoms with Crippen molar-refractivity contribution in [1.82, 2.24) is 0 Å². The van der Waals surface area contributed by atoms with Crippen molar-refractivity contribution in [3.05, 3.63) is 50.0 Å². The second-order valence-electron chi connectivity index (χ2n) is 8.02. The highest BCUT2D eigenvalue weighted by atomic mass is 32.2. The Morgan fingerprint density at radius 3 is 2.36 bits per heavy atom. The lowest BCUT2D eigenvalue weighted by Gasteiger charge is -2.44. The maximum absolute atomic E-state index is 12.8. The van der Waals surface area contributed by atoms with Crippen LogP contribution < -0.4 is 10.1 Å². The summed E-state index contributed by atoms with van der Waals surface area (Å²) < 4.78 is 15.6. The van der Waals surface area contributed by atoms with Gasteiger partial charge in [-0.3, -0.25) is 0 Å². The van der Waals surface area contributed by atoms with Gasteiger partial charge in [0.2, 0.25) is 0 Å². The van der Waals surface area contributed by atoms with Crippen molar-refractivity contribution in [1.29, 1.82) is 0 Å². The molecule has 1 aromatic carbocycles. The van der Waals surface area contributed by atoms with Crippen LogP contribution in [-0.4, -0.2) is 41.4 Å². The highest BCUT2D eigenvalue weighted by Gasteiger charge is 2.51. The molecule has 9 heteroatoms. The zero-order valence-electron chi connectivity index (χ0n) is 19.3. The van der Waals surface area contributed by atoms with Crippen LogP contribution in [-0.2, 0) is 19.1 Å². The van der Waals surface area contributed by atoms with E-state index in [4.69, 9.17) is 14.2 Å². The molecule has 1 atom stereocenters. The third-order valence-electron chi connectivity index (χ3n) is 5.25. The minimum atomic E-state index is -0.688. The lowest BCUT2D eigenvalue weighted by molar-refractivity contribution is -0.138. The quantitative estimate of drug-likeness (QED) is 0.485. The maximum atomic E-state index is 12.8. The van der Waals surface area contributed by atoms with Gasteiger partial charge in [-0.2, -0.15) is 0 Å². The van der Waals surface area contributed by atoms with Crippen molar-refractivity contribution >= 4 is 58.5 Å². The van der Waals surface area contributed by atoms with Crippen LogP contribution in [0, 0.1) is 0 Å². The van der Waals surface area contributed by atoms with Crippen LogP contribution in [0.1, 0.15) is 40.2 Å². The van der Waals surface area contributed by atoms with E-state index in [0.717, 1.165) is 27.5 Å². The summed E-state index contributed by atoms with van der Waals surface area (Å²) in [7, 11) is 0. The lowest BCUT2D eigenvalue weighted by atomic mass is 9.87. The Morgan fingerprint density at radius 1 is 1.00 bits per heavy atom. The Bertz CT molecular complexity index is 1090. The number of thioether (sulfide) groups is 3. The highest BCUT2D eigenvalue weighted by Crippen LogP contribution is 2.65. The summed E-state index contributed by atoms with van der Waals surface area (Å²) in [6.07, 6.45) is 1.94. The maximum Gasteiger partial charge on any atom is 0.345 e. The summed E-state index contributed by atoms with van der Waals surface area (Å²) in [6, 6.07) is 6.02. The summed E-state index contributed by atoms with van der Waals surface area (Å²) in [5, 5.41) is 5.46. The van der Waals surface area contributed by atoms with Gasteiger partial charge in [0.05, 0.1) is 30.3 Å². The molecular formula is C24H27NO5S3. The molecule has 0 bridgehead atoms. The van der Waals surface area contributed by atoms with E-state index in [9.17, 15) is 9.59 Å². The second-order valence-corrected chi connectivity index (χ2v) is 11.7. The predicted octanol–water partition coefficient (Wildman–Crippen LogP) is 5.78. The number of fused-ring (bicyclic) bond motifs is 3. The molecule has 3 aliphatic rings. The van der Waals surface area contributed by atoms with Gasteiger partial charge in [0.15, 0.2) is 0 Å². The topological polar surface area (TPSA) is 73.9 Å². The van der Waals surface area contributed by atoms with Crippen molar-refractivity contribution in [3.63, 3.8) is 0 Å². The first-order valence-corrected chi connectivity index (χ1v) is 13.4. The molecule has 0 fully saturated rings. The molecule has 1 spiro atoms. The van der Waals surface area contributed by atoms with E-state index in [2.05, 4.69) is 19.2 Å². The fourth-order valence-corrected chi connectivity index (χ4v) is 8.31. The molecule has 0 unspecified atom stereocenters. The molecule has 3 heterocycles. The molecule has 0 saturated carbocycles. The Hall–Kier alpha value is -1.97. The van der Waals surface area contributed by atoms with Crippen LogP contribution >= 0.6 is 35.3 Å². The van der Waals surface area contributed by atoms with E-state index < -0.39 is 9.62 Å². The van der Waals surface area contributed by atoms with Gasteiger partial charge in [-0.15, -0.1) is 11.8 Å². The number of rotatable bonds is 6. The Morgan fingerprint density at radius 2 is 1.70 bits per heavy atom. The third-order valence-corrected chi connectivity index (χ3v) is 9.52. The largest absolute Gasteiger partial charge is 0.494 e. The van der Waals surface area contributed by atoms with Crippen LogP contribution in [0.4, 0.5) is 5.69 Å². The van der Waals surface area contributed by atoms with Crippen molar-refractivity contribution in [3.8, 4) is 5.75 Å². The monoisotopic (exact) mass is 505 g/mol. The van der Waals surface area contributed by atoms with Crippen LogP contribution in [0.25, 0.3) is 5.57 Å². The summed E-state index contributed by atoms with van der Waals surface area (Å²) in [6.45, 7) is 10.9. The zero-order valence-corrected chi connectivity index (χ0v) is 21.7. The molecule has 0 amide bonds. The highest BCUT2D eigenvalue weighted by molar-refractivity contribution is 8.25. The van der Waals surface area contributed by atoms with E-state index in [0.29, 0.717) is 29.6 Å². The molecule has 1 aromatic rings. The first-order chi connectivity index (χ1) is 15.7. The van der Waals surface area contributed by atoms with E-state index in [-0.39, 0.29) is 11.9 Å². The molecule has 176 valence electrons. The smallest absolute Gasteiger partial charge is 0.345 e. The first-order valence-electron chi connectivity index (χ1n) is 10.9. The lowest BCUT2D eigenvalue weighted by Crippen LogP contribution is -2.40. The zero-order chi connectivity index (χ0) is 23.8. The fraction of sp³-hybridized carbons (Fsp3) is 0.417. The third kappa shape index (κ3) is 4.42. The van der Waals surface area contributed by atoms with Crippen molar-refractivity contribution in [2.75, 3.05) is 25.1 Å². The van der Waals surface area contributed by atoms with Gasteiger partial charge < -0.3 is 19.5 Å². The van der Waals surface area contributed by atoms with Gasteiger partial charge in [0.1, 0.15) is 14.7 Å². The van der Waals surface area contributed by atoms with E-state index in [1.165, 1.54) is 35.3 Å². The number of ether oxygens (including phenoxy) is 3. The summed E-state index contributed by atoms with van der Waals surface area (Å²) >= 11 is 4.37. The van der Waals surface area contributed by atoms with Gasteiger partial charge in [0.25, 0.3) is 0 Å². The molecular weight excluding hydrogens is 478 g/mol. The molecule has 0 radical (unpaired) electrons. The Labute approximate surface area is 206 Å². The molecule has 33 heavy (non-hydrogen) atoms. The van der Waals surface area contributed by atoms with Gasteiger partial charge in [-0.05, 0) is 58.2 Å². The van der Waals surface area contributed by atoms with Gasteiger partial charge in [0, 0.05) is 27.8 Å². The average molecular weight is 506 g/mol. The fourth-order valence-electron chi connectivity index (χ4n) is 3.96. The minimum absolute atomic E-state index is 0.299. The van der Waals surface area contributed by atoms with Crippen molar-refractivity contribution in [2.45, 2.75) is 44.2 Å². The molecule has 3 aliphatic heterocycles. The van der Waals surface area contributed by atoms with E-state index in [1.807, 2.05) is 36.6 Å². The van der Waals surface area contributed by atoms with Crippen LogP contribution in [0.3, 0.4) is 0 Å². The standard InChI is InChI=1S/C24H27NO5S3/c1-6-28-14-9-10-15-16(11-14)25-23(4,5)20-19(15)24(12-17(32-20)21(26)29-7-2)31-13-18(33-24)22(27)30-8-3/h9-13,25H,6-8H2,1-5H3/t24-/m0/s1. The number of nitrogens with one attached hydrogen (secondary N) is 1. The van der Waals surface area contributed by atoms with Crippen LogP contribution in [0.15, 0.2) is 44.4 Å². The van der Waals surface area contributed by atoms with E-state index >= 15 is 0 Å². The number of hydrogen-bond donors (Lipinski definition) is 1. The van der Waals surface area contributed by atoms with Crippen molar-refractivity contribution < 1.29 is 23.8 Å². The number of carbonyl (C=O) groups excluding carboxylic acids is 2. The van der Waals surface area contributed by atoms with Crippen LogP contribution in [0.2, 0.25) is 0 Å².